The third-order valence-electron chi connectivity index (χ3n) is 9.86. The number of amides is 5. The van der Waals surface area contributed by atoms with E-state index in [9.17, 15) is 33.9 Å². The van der Waals surface area contributed by atoms with E-state index in [0.29, 0.717) is 18.5 Å². The lowest BCUT2D eigenvalue weighted by atomic mass is 9.85. The molecule has 1 aromatic heterocycles. The minimum absolute atomic E-state index is 0.0650. The van der Waals surface area contributed by atoms with Gasteiger partial charge in [0.2, 0.25) is 11.8 Å². The van der Waals surface area contributed by atoms with Crippen LogP contribution >= 0.6 is 0 Å². The number of ketones is 1. The summed E-state index contributed by atoms with van der Waals surface area (Å²) in [6, 6.07) is 16.4. The number of para-hydroxylation sites is 1. The maximum Gasteiger partial charge on any atom is 0.412 e. The lowest BCUT2D eigenvalue weighted by molar-refractivity contribution is -0.145. The molecule has 0 spiro atoms. The highest BCUT2D eigenvalue weighted by Gasteiger charge is 2.54. The molecular formula is C42H55N7O9. The molecule has 3 heterocycles. The number of aliphatic hydroxyl groups excluding tert-OH is 1. The van der Waals surface area contributed by atoms with Crippen LogP contribution in [0.2, 0.25) is 0 Å². The van der Waals surface area contributed by atoms with Gasteiger partial charge in [-0.05, 0) is 84.9 Å². The minimum atomic E-state index is -1.74. The van der Waals surface area contributed by atoms with Crippen molar-refractivity contribution >= 4 is 52.3 Å². The molecule has 0 saturated carbocycles. The normalized spacial score (nSPS) is 20.4. The monoisotopic (exact) mass is 801 g/mol. The molecule has 58 heavy (non-hydrogen) atoms. The van der Waals surface area contributed by atoms with E-state index in [0.717, 1.165) is 21.4 Å². The number of likely N-dealkylation sites (tertiary alicyclic amines) is 1. The summed E-state index contributed by atoms with van der Waals surface area (Å²) >= 11 is 0. The number of aliphatic hydroxyl groups is 1. The van der Waals surface area contributed by atoms with Crippen molar-refractivity contribution in [2.45, 2.75) is 115 Å². The number of aromatic nitrogens is 1. The number of benzene rings is 2. The predicted molar refractivity (Wildman–Crippen MR) is 215 cm³/mol. The standard InChI is InChI=1S/C42H55N7O9/c1-40(2,3)57-38(55)46-34(48(7)39(56)58-41(4,5)6)37(54)49-21-13-18-31(49)33(51)42(47-36(53)32(50)20-19-26-14-9-8-10-15-26)23-30(44-25-42)35(52)45-28-22-27-16-11-12-17-29(27)43-24-28/h8-12,14-17,22,24,30-32,34,44,50H,13,18-21,23,25H2,1-7H3,(H,45,52)(H,46,55)(H,47,53)/t30-,31-,32+,34+,42+/m0/s1. The number of carbonyl (C=O) groups excluding carboxylic acids is 6. The van der Waals surface area contributed by atoms with Crippen molar-refractivity contribution in [3.05, 3.63) is 72.4 Å². The Morgan fingerprint density at radius 2 is 1.66 bits per heavy atom. The highest BCUT2D eigenvalue weighted by molar-refractivity contribution is 6.03. The van der Waals surface area contributed by atoms with Crippen molar-refractivity contribution in [1.29, 1.82) is 0 Å². The van der Waals surface area contributed by atoms with E-state index in [-0.39, 0.29) is 32.4 Å². The number of Topliss-reactive ketones (excluding diaryl/α,β-unsaturated/α-hetero) is 1. The van der Waals surface area contributed by atoms with Gasteiger partial charge in [-0.25, -0.2) is 9.59 Å². The molecule has 2 aliphatic heterocycles. The topological polar surface area (TPSA) is 209 Å². The molecule has 2 aliphatic rings. The Labute approximate surface area is 338 Å². The van der Waals surface area contributed by atoms with Gasteiger partial charge in [-0.2, -0.15) is 0 Å². The number of rotatable bonds is 12. The maximum atomic E-state index is 14.9. The van der Waals surface area contributed by atoms with Gasteiger partial charge in [0, 0.05) is 31.9 Å². The highest BCUT2D eigenvalue weighted by Crippen LogP contribution is 2.31. The molecule has 312 valence electrons. The first-order chi connectivity index (χ1) is 27.2. The predicted octanol–water partition coefficient (Wildman–Crippen LogP) is 3.66. The first-order valence-corrected chi connectivity index (χ1v) is 19.5. The average molecular weight is 802 g/mol. The molecule has 5 rings (SSSR count). The number of hydrogen-bond acceptors (Lipinski definition) is 11. The van der Waals surface area contributed by atoms with Crippen LogP contribution in [0.15, 0.2) is 66.9 Å². The molecule has 0 aliphatic carbocycles. The van der Waals surface area contributed by atoms with E-state index in [1.165, 1.54) is 18.1 Å². The van der Waals surface area contributed by atoms with Gasteiger partial charge in [0.15, 0.2) is 11.9 Å². The van der Waals surface area contributed by atoms with Gasteiger partial charge < -0.3 is 35.4 Å². The molecule has 16 heteroatoms. The summed E-state index contributed by atoms with van der Waals surface area (Å²) in [6.45, 7) is 9.78. The molecule has 16 nitrogen and oxygen atoms in total. The van der Waals surface area contributed by atoms with Crippen LogP contribution in [0.1, 0.15) is 72.8 Å². The van der Waals surface area contributed by atoms with E-state index >= 15 is 0 Å². The molecule has 3 aromatic rings. The first-order valence-electron chi connectivity index (χ1n) is 19.5. The van der Waals surface area contributed by atoms with E-state index in [4.69, 9.17) is 9.47 Å². The van der Waals surface area contributed by atoms with Crippen LogP contribution in [0.3, 0.4) is 0 Å². The SMILES string of the molecule is CN(C(=O)OC(C)(C)C)[C@@H](NC(=O)OC(C)(C)C)C(=O)N1CCC[C@H]1C(=O)[C@]1(NC(=O)[C@H](O)CCc2ccccc2)CN[C@H](C(=O)Nc2cnc3ccccc3c2)C1. The van der Waals surface area contributed by atoms with Gasteiger partial charge in [0.05, 0.1) is 29.5 Å². The number of nitrogens with zero attached hydrogens (tertiary/aromatic N) is 3. The third-order valence-corrected chi connectivity index (χ3v) is 9.86. The highest BCUT2D eigenvalue weighted by atomic mass is 16.6. The van der Waals surface area contributed by atoms with E-state index in [1.54, 1.807) is 47.6 Å². The fourth-order valence-corrected chi connectivity index (χ4v) is 7.05. The molecule has 5 N–H and O–H groups in total. The van der Waals surface area contributed by atoms with Crippen molar-refractivity contribution in [2.24, 2.45) is 0 Å². The van der Waals surface area contributed by atoms with Gasteiger partial charge in [-0.3, -0.25) is 34.4 Å². The Morgan fingerprint density at radius 3 is 2.34 bits per heavy atom. The molecule has 5 amide bonds. The summed E-state index contributed by atoms with van der Waals surface area (Å²) in [5.41, 5.74) is -1.53. The summed E-state index contributed by atoms with van der Waals surface area (Å²) in [5.74, 6) is -2.65. The number of alkyl carbamates (subject to hydrolysis) is 1. The fourth-order valence-electron chi connectivity index (χ4n) is 7.05. The Kier molecular flexibility index (Phi) is 13.4. The number of aryl methyl sites for hydroxylation is 1. The first kappa shape index (κ1) is 43.5. The van der Waals surface area contributed by atoms with Crippen molar-refractivity contribution < 1.29 is 43.3 Å². The molecule has 0 radical (unpaired) electrons. The quantitative estimate of drug-likeness (QED) is 0.167. The summed E-state index contributed by atoms with van der Waals surface area (Å²) in [7, 11) is 1.29. The number of pyridine rings is 1. The number of nitrogens with one attached hydrogen (secondary N) is 4. The Morgan fingerprint density at radius 1 is 0.983 bits per heavy atom. The second-order valence-electron chi connectivity index (χ2n) is 16.8. The van der Waals surface area contributed by atoms with Crippen molar-refractivity contribution in [3.8, 4) is 0 Å². The van der Waals surface area contributed by atoms with E-state index < -0.39 is 76.8 Å². The largest absolute Gasteiger partial charge is 0.444 e. The van der Waals surface area contributed by atoms with Gasteiger partial charge in [-0.1, -0.05) is 48.5 Å². The van der Waals surface area contributed by atoms with Gasteiger partial charge in [0.25, 0.3) is 5.91 Å². The summed E-state index contributed by atoms with van der Waals surface area (Å²) in [4.78, 5) is 89.7. The Bertz CT molecular complexity index is 2000. The van der Waals surface area contributed by atoms with Crippen LogP contribution in [0, 0.1) is 0 Å². The van der Waals surface area contributed by atoms with Crippen molar-refractivity contribution in [3.63, 3.8) is 0 Å². The fraction of sp³-hybridized carbons (Fsp3) is 0.500. The zero-order chi connectivity index (χ0) is 42.4. The van der Waals surface area contributed by atoms with Crippen LogP contribution in [0.5, 0.6) is 0 Å². The number of ether oxygens (including phenoxy) is 2. The van der Waals surface area contributed by atoms with Gasteiger partial charge >= 0.3 is 12.2 Å². The number of carbonyl (C=O) groups is 6. The third kappa shape index (κ3) is 11.1. The molecule has 0 unspecified atom stereocenters. The van der Waals surface area contributed by atoms with E-state index in [2.05, 4.69) is 26.3 Å². The molecular weight excluding hydrogens is 747 g/mol. The maximum absolute atomic E-state index is 14.9. The van der Waals surface area contributed by atoms with Crippen LogP contribution in [-0.2, 0) is 35.1 Å². The average Bonchev–Trinajstić information content (AvgIpc) is 3.83. The Hall–Kier alpha value is -5.61. The second-order valence-corrected chi connectivity index (χ2v) is 16.8. The Balaban J connectivity index is 1.41. The summed E-state index contributed by atoms with van der Waals surface area (Å²) < 4.78 is 10.9. The molecule has 2 aromatic carbocycles. The molecule has 0 bridgehead atoms. The molecule has 2 fully saturated rings. The number of fused-ring (bicyclic) bond motifs is 1. The van der Waals surface area contributed by atoms with Gasteiger partial charge in [0.1, 0.15) is 22.8 Å². The zero-order valence-corrected chi connectivity index (χ0v) is 34.2. The van der Waals surface area contributed by atoms with Crippen LogP contribution in [0.25, 0.3) is 10.9 Å². The lowest BCUT2D eigenvalue weighted by Crippen LogP contribution is -2.65. The summed E-state index contributed by atoms with van der Waals surface area (Å²) in [6.07, 6.45) is -2.67. The van der Waals surface area contributed by atoms with Gasteiger partial charge in [-0.15, -0.1) is 0 Å². The smallest absolute Gasteiger partial charge is 0.412 e. The zero-order valence-electron chi connectivity index (χ0n) is 34.2. The molecule has 2 saturated heterocycles. The molecule has 5 atom stereocenters. The van der Waals surface area contributed by atoms with Crippen LogP contribution < -0.4 is 21.3 Å². The van der Waals surface area contributed by atoms with Crippen LogP contribution in [-0.4, -0.2) is 117 Å². The number of hydrogen-bond donors (Lipinski definition) is 5. The number of anilines is 1. The van der Waals surface area contributed by atoms with E-state index in [1.807, 2.05) is 54.6 Å². The second kappa shape index (κ2) is 17.9. The minimum Gasteiger partial charge on any atom is -0.444 e. The van der Waals surface area contributed by atoms with Crippen molar-refractivity contribution in [2.75, 3.05) is 25.5 Å². The van der Waals surface area contributed by atoms with Crippen molar-refractivity contribution in [1.82, 2.24) is 30.7 Å². The number of likely N-dealkylation sites (N-methyl/N-ethyl adjacent to an activating group) is 1. The van der Waals surface area contributed by atoms with Crippen LogP contribution in [0.4, 0.5) is 15.3 Å². The summed E-state index contributed by atoms with van der Waals surface area (Å²) in [5, 5.41) is 23.0. The lowest BCUT2D eigenvalue weighted by Gasteiger charge is -2.37.